The SMILES string of the molecule is O=C(OCc1ccccc1)[C@@H](O)COCc1ccccc1. The molecule has 0 aromatic heterocycles. The molecule has 0 fully saturated rings. The molecule has 0 aliphatic heterocycles. The van der Waals surface area contributed by atoms with Crippen molar-refractivity contribution in [2.75, 3.05) is 6.61 Å². The van der Waals surface area contributed by atoms with Crippen molar-refractivity contribution in [3.63, 3.8) is 0 Å². The van der Waals surface area contributed by atoms with Gasteiger partial charge in [0, 0.05) is 0 Å². The van der Waals surface area contributed by atoms with Gasteiger partial charge in [0.25, 0.3) is 0 Å². The average molecular weight is 286 g/mol. The lowest BCUT2D eigenvalue weighted by atomic mass is 10.2. The zero-order chi connectivity index (χ0) is 14.9. The Bertz CT molecular complexity index is 539. The van der Waals surface area contributed by atoms with Crippen LogP contribution in [0.2, 0.25) is 0 Å². The smallest absolute Gasteiger partial charge is 0.337 e. The van der Waals surface area contributed by atoms with Gasteiger partial charge in [0.05, 0.1) is 13.2 Å². The number of esters is 1. The van der Waals surface area contributed by atoms with Crippen LogP contribution in [0.25, 0.3) is 0 Å². The quantitative estimate of drug-likeness (QED) is 0.794. The van der Waals surface area contributed by atoms with Gasteiger partial charge in [0.15, 0.2) is 6.10 Å². The molecule has 0 unspecified atom stereocenters. The van der Waals surface area contributed by atoms with Gasteiger partial charge < -0.3 is 14.6 Å². The summed E-state index contributed by atoms with van der Waals surface area (Å²) in [7, 11) is 0. The molecule has 0 aliphatic carbocycles. The van der Waals surface area contributed by atoms with Crippen molar-refractivity contribution in [2.24, 2.45) is 0 Å². The third-order valence-electron chi connectivity index (χ3n) is 2.88. The van der Waals surface area contributed by atoms with Crippen LogP contribution in [0.4, 0.5) is 0 Å². The number of hydrogen-bond acceptors (Lipinski definition) is 4. The van der Waals surface area contributed by atoms with Gasteiger partial charge in [0.1, 0.15) is 6.61 Å². The van der Waals surface area contributed by atoms with Crippen LogP contribution in [0.3, 0.4) is 0 Å². The van der Waals surface area contributed by atoms with E-state index in [2.05, 4.69) is 0 Å². The highest BCUT2D eigenvalue weighted by molar-refractivity contribution is 5.74. The normalized spacial score (nSPS) is 11.9. The summed E-state index contributed by atoms with van der Waals surface area (Å²) in [6, 6.07) is 18.9. The molecule has 0 radical (unpaired) electrons. The molecule has 0 amide bonds. The Kier molecular flexibility index (Phi) is 5.94. The Morgan fingerprint density at radius 2 is 1.43 bits per heavy atom. The Labute approximate surface area is 123 Å². The molecule has 4 nitrogen and oxygen atoms in total. The minimum absolute atomic E-state index is 0.0808. The number of rotatable bonds is 7. The minimum Gasteiger partial charge on any atom is -0.459 e. The predicted octanol–water partition coefficient (Wildman–Crippen LogP) is 2.31. The van der Waals surface area contributed by atoms with Crippen molar-refractivity contribution in [1.29, 1.82) is 0 Å². The molecular weight excluding hydrogens is 268 g/mol. The number of benzene rings is 2. The van der Waals surface area contributed by atoms with Crippen LogP contribution in [0.5, 0.6) is 0 Å². The number of hydrogen-bond donors (Lipinski definition) is 1. The molecular formula is C17H18O4. The van der Waals surface area contributed by atoms with Crippen molar-refractivity contribution in [1.82, 2.24) is 0 Å². The second-order valence-corrected chi connectivity index (χ2v) is 4.61. The highest BCUT2D eigenvalue weighted by atomic mass is 16.6. The number of ether oxygens (including phenoxy) is 2. The molecule has 0 saturated carbocycles. The monoisotopic (exact) mass is 286 g/mol. The summed E-state index contributed by atoms with van der Waals surface area (Å²) in [6.45, 7) is 0.418. The van der Waals surface area contributed by atoms with Crippen LogP contribution >= 0.6 is 0 Å². The second-order valence-electron chi connectivity index (χ2n) is 4.61. The van der Waals surface area contributed by atoms with E-state index in [4.69, 9.17) is 9.47 Å². The number of carbonyl (C=O) groups excluding carboxylic acids is 1. The van der Waals surface area contributed by atoms with E-state index in [1.54, 1.807) is 0 Å². The lowest BCUT2D eigenvalue weighted by molar-refractivity contribution is -0.158. The van der Waals surface area contributed by atoms with Gasteiger partial charge in [-0.2, -0.15) is 0 Å². The number of carbonyl (C=O) groups is 1. The molecule has 1 N–H and O–H groups in total. The van der Waals surface area contributed by atoms with Crippen molar-refractivity contribution >= 4 is 5.97 Å². The van der Waals surface area contributed by atoms with Gasteiger partial charge in [0.2, 0.25) is 0 Å². The highest BCUT2D eigenvalue weighted by Gasteiger charge is 2.16. The Morgan fingerprint density at radius 3 is 2.00 bits per heavy atom. The first kappa shape index (κ1) is 15.2. The van der Waals surface area contributed by atoms with Crippen LogP contribution in [-0.2, 0) is 27.5 Å². The summed E-state index contributed by atoms with van der Waals surface area (Å²) < 4.78 is 10.3. The van der Waals surface area contributed by atoms with Crippen LogP contribution < -0.4 is 0 Å². The second kappa shape index (κ2) is 8.19. The lowest BCUT2D eigenvalue weighted by Gasteiger charge is -2.11. The Morgan fingerprint density at radius 1 is 0.905 bits per heavy atom. The fourth-order valence-corrected chi connectivity index (χ4v) is 1.76. The molecule has 4 heteroatoms. The van der Waals surface area contributed by atoms with E-state index in [0.717, 1.165) is 11.1 Å². The van der Waals surface area contributed by atoms with Crippen LogP contribution in [0.15, 0.2) is 60.7 Å². The van der Waals surface area contributed by atoms with Crippen LogP contribution in [-0.4, -0.2) is 23.8 Å². The summed E-state index contributed by atoms with van der Waals surface area (Å²) in [5.74, 6) is -0.674. The van der Waals surface area contributed by atoms with Gasteiger partial charge in [-0.3, -0.25) is 0 Å². The first-order valence-electron chi connectivity index (χ1n) is 6.76. The van der Waals surface area contributed by atoms with E-state index < -0.39 is 12.1 Å². The topological polar surface area (TPSA) is 55.8 Å². The third kappa shape index (κ3) is 5.38. The largest absolute Gasteiger partial charge is 0.459 e. The Balaban J connectivity index is 1.68. The van der Waals surface area contributed by atoms with Gasteiger partial charge in [-0.1, -0.05) is 60.7 Å². The molecule has 0 heterocycles. The standard InChI is InChI=1S/C17H18O4/c18-16(13-20-11-14-7-3-1-4-8-14)17(19)21-12-15-9-5-2-6-10-15/h1-10,16,18H,11-13H2/t16-/m0/s1. The third-order valence-corrected chi connectivity index (χ3v) is 2.88. The molecule has 2 aromatic rings. The fourth-order valence-electron chi connectivity index (χ4n) is 1.76. The van der Waals surface area contributed by atoms with Gasteiger partial charge in [-0.15, -0.1) is 0 Å². The molecule has 21 heavy (non-hydrogen) atoms. The van der Waals surface area contributed by atoms with Crippen molar-refractivity contribution in [3.05, 3.63) is 71.8 Å². The zero-order valence-corrected chi connectivity index (χ0v) is 11.6. The summed E-state index contributed by atoms with van der Waals surface area (Å²) in [6.07, 6.45) is -1.27. The molecule has 2 rings (SSSR count). The van der Waals surface area contributed by atoms with Crippen molar-refractivity contribution in [2.45, 2.75) is 19.3 Å². The maximum absolute atomic E-state index is 11.6. The van der Waals surface area contributed by atoms with E-state index >= 15 is 0 Å². The first-order chi connectivity index (χ1) is 10.3. The van der Waals surface area contributed by atoms with Crippen molar-refractivity contribution < 1.29 is 19.4 Å². The summed E-state index contributed by atoms with van der Waals surface area (Å²) >= 11 is 0. The molecule has 0 spiro atoms. The summed E-state index contributed by atoms with van der Waals surface area (Å²) in [4.78, 5) is 11.6. The molecule has 0 bridgehead atoms. The molecule has 0 aliphatic rings. The lowest BCUT2D eigenvalue weighted by Crippen LogP contribution is -2.27. The minimum atomic E-state index is -1.27. The summed E-state index contributed by atoms with van der Waals surface area (Å²) in [5, 5.41) is 9.67. The van der Waals surface area contributed by atoms with E-state index in [-0.39, 0.29) is 13.2 Å². The van der Waals surface area contributed by atoms with E-state index in [0.29, 0.717) is 6.61 Å². The molecule has 0 saturated heterocycles. The van der Waals surface area contributed by atoms with Gasteiger partial charge in [-0.25, -0.2) is 4.79 Å². The van der Waals surface area contributed by atoms with E-state index in [9.17, 15) is 9.90 Å². The van der Waals surface area contributed by atoms with Crippen LogP contribution in [0, 0.1) is 0 Å². The molecule has 110 valence electrons. The average Bonchev–Trinajstić information content (AvgIpc) is 2.54. The van der Waals surface area contributed by atoms with Gasteiger partial charge in [-0.05, 0) is 11.1 Å². The van der Waals surface area contributed by atoms with E-state index in [1.807, 2.05) is 60.7 Å². The van der Waals surface area contributed by atoms with Gasteiger partial charge >= 0.3 is 5.97 Å². The van der Waals surface area contributed by atoms with Crippen molar-refractivity contribution in [3.8, 4) is 0 Å². The van der Waals surface area contributed by atoms with E-state index in [1.165, 1.54) is 0 Å². The van der Waals surface area contributed by atoms with Crippen LogP contribution in [0.1, 0.15) is 11.1 Å². The number of aliphatic hydroxyl groups excluding tert-OH is 1. The number of aliphatic hydroxyl groups is 1. The highest BCUT2D eigenvalue weighted by Crippen LogP contribution is 2.04. The first-order valence-corrected chi connectivity index (χ1v) is 6.76. The molecule has 2 aromatic carbocycles. The predicted molar refractivity (Wildman–Crippen MR) is 78.3 cm³/mol. The Hall–Kier alpha value is -2.17. The fraction of sp³-hybridized carbons (Fsp3) is 0.235. The maximum atomic E-state index is 11.6. The maximum Gasteiger partial charge on any atom is 0.337 e. The molecule has 1 atom stereocenters. The summed E-state index contributed by atoms with van der Waals surface area (Å²) in [5.41, 5.74) is 1.87. The zero-order valence-electron chi connectivity index (χ0n) is 11.6.